The van der Waals surface area contributed by atoms with Crippen molar-refractivity contribution in [3.8, 4) is 17.2 Å². The first kappa shape index (κ1) is 19.1. The highest BCUT2D eigenvalue weighted by molar-refractivity contribution is 7.89. The van der Waals surface area contributed by atoms with Crippen LogP contribution in [0.3, 0.4) is 0 Å². The van der Waals surface area contributed by atoms with E-state index in [2.05, 4.69) is 0 Å². The molecule has 0 unspecified atom stereocenters. The number of sulfonamides is 1. The number of methoxy groups -OCH3 is 1. The summed E-state index contributed by atoms with van der Waals surface area (Å²) in [6, 6.07) is 10.3. The molecule has 0 amide bonds. The maximum atomic E-state index is 12.7. The maximum absolute atomic E-state index is 12.7. The highest BCUT2D eigenvalue weighted by atomic mass is 32.2. The van der Waals surface area contributed by atoms with Crippen LogP contribution in [0.25, 0.3) is 0 Å². The van der Waals surface area contributed by atoms with Crippen molar-refractivity contribution in [3.05, 3.63) is 52.6 Å². The fourth-order valence-electron chi connectivity index (χ4n) is 2.64. The molecule has 1 fully saturated rings. The van der Waals surface area contributed by atoms with Crippen molar-refractivity contribution in [3.63, 3.8) is 0 Å². The van der Waals surface area contributed by atoms with E-state index < -0.39 is 20.6 Å². The Bertz CT molecular complexity index is 940. The number of ether oxygens (including phenoxy) is 3. The van der Waals surface area contributed by atoms with Crippen LogP contribution in [0.1, 0.15) is 0 Å². The smallest absolute Gasteiger partial charge is 0.312 e. The third kappa shape index (κ3) is 4.02. The molecule has 10 heteroatoms. The van der Waals surface area contributed by atoms with E-state index in [1.54, 1.807) is 24.3 Å². The standard InChI is InChI=1S/C17H18N2O7S/c1-24-16-4-2-3-5-17(16)26-15-7-6-13(12-14(15)19(20)21)27(22,23)18-8-10-25-11-9-18/h2-7,12H,8-11H2,1H3. The zero-order chi connectivity index (χ0) is 19.4. The van der Waals surface area contributed by atoms with Crippen LogP contribution in [-0.4, -0.2) is 51.1 Å². The van der Waals surface area contributed by atoms with Gasteiger partial charge in [0.2, 0.25) is 15.8 Å². The lowest BCUT2D eigenvalue weighted by Gasteiger charge is -2.26. The number of benzene rings is 2. The molecule has 0 aliphatic carbocycles. The van der Waals surface area contributed by atoms with E-state index in [1.165, 1.54) is 23.5 Å². The molecule has 0 spiro atoms. The van der Waals surface area contributed by atoms with Crippen molar-refractivity contribution in [2.24, 2.45) is 0 Å². The molecule has 1 aliphatic heterocycles. The van der Waals surface area contributed by atoms with Gasteiger partial charge in [-0.1, -0.05) is 12.1 Å². The highest BCUT2D eigenvalue weighted by Gasteiger charge is 2.29. The first-order valence-electron chi connectivity index (χ1n) is 8.10. The molecule has 0 N–H and O–H groups in total. The van der Waals surface area contributed by atoms with Crippen molar-refractivity contribution in [2.45, 2.75) is 4.90 Å². The Kier molecular flexibility index (Phi) is 5.59. The Morgan fingerprint density at radius 1 is 1.07 bits per heavy atom. The Balaban J connectivity index is 1.97. The van der Waals surface area contributed by atoms with Crippen LogP contribution in [0.2, 0.25) is 0 Å². The molecule has 0 atom stereocenters. The number of nitro groups is 1. The van der Waals surface area contributed by atoms with Crippen molar-refractivity contribution in [1.29, 1.82) is 0 Å². The fraction of sp³-hybridized carbons (Fsp3) is 0.294. The first-order valence-corrected chi connectivity index (χ1v) is 9.54. The van der Waals surface area contributed by atoms with Gasteiger partial charge in [-0.25, -0.2) is 8.42 Å². The summed E-state index contributed by atoms with van der Waals surface area (Å²) in [5.41, 5.74) is -0.449. The van der Waals surface area contributed by atoms with Crippen LogP contribution in [-0.2, 0) is 14.8 Å². The van der Waals surface area contributed by atoms with E-state index in [9.17, 15) is 18.5 Å². The normalized spacial score (nSPS) is 15.3. The number of nitro benzene ring substituents is 1. The molecule has 144 valence electrons. The first-order chi connectivity index (χ1) is 12.9. The average Bonchev–Trinajstić information content (AvgIpc) is 2.69. The second kappa shape index (κ2) is 7.91. The van der Waals surface area contributed by atoms with Crippen LogP contribution in [0.4, 0.5) is 5.69 Å². The highest BCUT2D eigenvalue weighted by Crippen LogP contribution is 2.37. The van der Waals surface area contributed by atoms with Gasteiger partial charge in [0.1, 0.15) is 0 Å². The van der Waals surface area contributed by atoms with Crippen molar-refractivity contribution >= 4 is 15.7 Å². The van der Waals surface area contributed by atoms with Gasteiger partial charge in [-0.2, -0.15) is 4.31 Å². The molecule has 0 radical (unpaired) electrons. The summed E-state index contributed by atoms with van der Waals surface area (Å²) >= 11 is 0. The fourth-order valence-corrected chi connectivity index (χ4v) is 4.07. The molecule has 0 aromatic heterocycles. The lowest BCUT2D eigenvalue weighted by atomic mass is 10.3. The van der Waals surface area contributed by atoms with Gasteiger partial charge in [0.05, 0.1) is 30.1 Å². The molecular formula is C17H18N2O7S. The lowest BCUT2D eigenvalue weighted by Crippen LogP contribution is -2.40. The van der Waals surface area contributed by atoms with Gasteiger partial charge in [-0.05, 0) is 24.3 Å². The van der Waals surface area contributed by atoms with Gasteiger partial charge in [-0.15, -0.1) is 0 Å². The maximum Gasteiger partial charge on any atom is 0.312 e. The van der Waals surface area contributed by atoms with Gasteiger partial charge in [0.25, 0.3) is 0 Å². The van der Waals surface area contributed by atoms with Crippen molar-refractivity contribution < 1.29 is 27.6 Å². The number of nitrogens with zero attached hydrogens (tertiary/aromatic N) is 2. The summed E-state index contributed by atoms with van der Waals surface area (Å²) < 4.78 is 42.6. The minimum atomic E-state index is -3.85. The van der Waals surface area contributed by atoms with E-state index in [4.69, 9.17) is 14.2 Å². The van der Waals surface area contributed by atoms with E-state index in [0.29, 0.717) is 5.75 Å². The molecule has 1 aliphatic rings. The van der Waals surface area contributed by atoms with E-state index in [1.807, 2.05) is 0 Å². The number of rotatable bonds is 6. The molecule has 9 nitrogen and oxygen atoms in total. The Morgan fingerprint density at radius 3 is 2.37 bits per heavy atom. The number of para-hydroxylation sites is 2. The number of morpholine rings is 1. The molecule has 1 heterocycles. The van der Waals surface area contributed by atoms with E-state index >= 15 is 0 Å². The summed E-state index contributed by atoms with van der Waals surface area (Å²) in [4.78, 5) is 10.6. The topological polar surface area (TPSA) is 108 Å². The summed E-state index contributed by atoms with van der Waals surface area (Å²) in [5, 5.41) is 11.5. The quantitative estimate of drug-likeness (QED) is 0.547. The van der Waals surface area contributed by atoms with Crippen LogP contribution < -0.4 is 9.47 Å². The molecule has 2 aromatic rings. The van der Waals surface area contributed by atoms with Crippen LogP contribution in [0.15, 0.2) is 47.4 Å². The third-order valence-corrected chi connectivity index (χ3v) is 5.92. The molecule has 0 bridgehead atoms. The minimum Gasteiger partial charge on any atom is -0.493 e. The van der Waals surface area contributed by atoms with Gasteiger partial charge in [0.15, 0.2) is 11.5 Å². The van der Waals surface area contributed by atoms with Gasteiger partial charge >= 0.3 is 5.69 Å². The molecule has 1 saturated heterocycles. The average molecular weight is 394 g/mol. The van der Waals surface area contributed by atoms with Crippen LogP contribution in [0.5, 0.6) is 17.2 Å². The summed E-state index contributed by atoms with van der Waals surface area (Å²) in [6.07, 6.45) is 0. The largest absolute Gasteiger partial charge is 0.493 e. The number of hydrogen-bond acceptors (Lipinski definition) is 7. The minimum absolute atomic E-state index is 0.0783. The monoisotopic (exact) mass is 394 g/mol. The second-order valence-corrected chi connectivity index (χ2v) is 7.59. The predicted molar refractivity (Wildman–Crippen MR) is 95.7 cm³/mol. The van der Waals surface area contributed by atoms with E-state index in [-0.39, 0.29) is 42.7 Å². The van der Waals surface area contributed by atoms with Crippen molar-refractivity contribution in [2.75, 3.05) is 33.4 Å². The molecule has 27 heavy (non-hydrogen) atoms. The SMILES string of the molecule is COc1ccccc1Oc1ccc(S(=O)(=O)N2CCOCC2)cc1[N+](=O)[O-]. The molecular weight excluding hydrogens is 376 g/mol. The zero-order valence-electron chi connectivity index (χ0n) is 14.5. The summed E-state index contributed by atoms with van der Waals surface area (Å²) in [5.74, 6) is 0.606. The molecule has 2 aromatic carbocycles. The Labute approximate surface area is 156 Å². The van der Waals surface area contributed by atoms with Crippen LogP contribution >= 0.6 is 0 Å². The van der Waals surface area contributed by atoms with E-state index in [0.717, 1.165) is 6.07 Å². The summed E-state index contributed by atoms with van der Waals surface area (Å²) in [6.45, 7) is 0.984. The van der Waals surface area contributed by atoms with Crippen LogP contribution in [0, 0.1) is 10.1 Å². The predicted octanol–water partition coefficient (Wildman–Crippen LogP) is 2.42. The van der Waals surface area contributed by atoms with Gasteiger partial charge in [-0.3, -0.25) is 10.1 Å². The lowest BCUT2D eigenvalue weighted by molar-refractivity contribution is -0.385. The van der Waals surface area contributed by atoms with Gasteiger partial charge in [0, 0.05) is 19.2 Å². The van der Waals surface area contributed by atoms with Gasteiger partial charge < -0.3 is 14.2 Å². The summed E-state index contributed by atoms with van der Waals surface area (Å²) in [7, 11) is -2.40. The van der Waals surface area contributed by atoms with Crippen molar-refractivity contribution in [1.82, 2.24) is 4.31 Å². The number of hydrogen-bond donors (Lipinski definition) is 0. The molecule has 3 rings (SSSR count). The second-order valence-electron chi connectivity index (χ2n) is 5.66. The molecule has 0 saturated carbocycles. The zero-order valence-corrected chi connectivity index (χ0v) is 15.3. The Hall–Kier alpha value is -2.69. The third-order valence-electron chi connectivity index (χ3n) is 4.02. The Morgan fingerprint density at radius 2 is 1.74 bits per heavy atom.